The van der Waals surface area contributed by atoms with Crippen LogP contribution in [0.25, 0.3) is 0 Å². The van der Waals surface area contributed by atoms with E-state index in [-0.39, 0.29) is 10.9 Å². The Morgan fingerprint density at radius 2 is 1.83 bits per heavy atom. The number of anilines is 2. The Hall–Kier alpha value is -2.11. The maximum atomic E-state index is 13.1. The number of carbonyl (C=O) groups excluding carboxylic acids is 1. The van der Waals surface area contributed by atoms with Gasteiger partial charge >= 0.3 is 0 Å². The van der Waals surface area contributed by atoms with Crippen LogP contribution in [-0.2, 0) is 4.74 Å². The number of hydrogen-bond donors (Lipinski definition) is 1. The Balaban J connectivity index is 1.68. The van der Waals surface area contributed by atoms with Crippen LogP contribution in [-0.4, -0.2) is 32.2 Å². The number of carbonyl (C=O) groups is 1. The van der Waals surface area contributed by atoms with E-state index in [1.165, 1.54) is 18.2 Å². The van der Waals surface area contributed by atoms with Crippen molar-refractivity contribution < 1.29 is 13.9 Å². The summed E-state index contributed by atoms with van der Waals surface area (Å²) in [5.41, 5.74) is 2.05. The number of nitrogens with zero attached hydrogens (tertiary/aromatic N) is 1. The molecule has 0 unspecified atom stereocenters. The predicted octanol–water partition coefficient (Wildman–Crippen LogP) is 3.57. The number of nitrogens with one attached hydrogen (secondary N) is 1. The highest BCUT2D eigenvalue weighted by atomic mass is 35.5. The zero-order chi connectivity index (χ0) is 16.2. The fourth-order valence-corrected chi connectivity index (χ4v) is 2.60. The highest BCUT2D eigenvalue weighted by Gasteiger charge is 2.12. The summed E-state index contributed by atoms with van der Waals surface area (Å²) in [7, 11) is 0. The lowest BCUT2D eigenvalue weighted by Crippen LogP contribution is -2.36. The molecule has 6 heteroatoms. The number of amides is 1. The van der Waals surface area contributed by atoms with Gasteiger partial charge in [-0.05, 0) is 42.5 Å². The second-order valence-electron chi connectivity index (χ2n) is 5.23. The van der Waals surface area contributed by atoms with E-state index < -0.39 is 5.82 Å². The average Bonchev–Trinajstić information content (AvgIpc) is 2.59. The van der Waals surface area contributed by atoms with Gasteiger partial charge in [0.1, 0.15) is 5.82 Å². The monoisotopic (exact) mass is 334 g/mol. The van der Waals surface area contributed by atoms with Crippen LogP contribution in [0.1, 0.15) is 10.4 Å². The van der Waals surface area contributed by atoms with Crippen LogP contribution in [0.3, 0.4) is 0 Å². The van der Waals surface area contributed by atoms with Crippen molar-refractivity contribution in [1.29, 1.82) is 0 Å². The first-order valence-electron chi connectivity index (χ1n) is 7.32. The second-order valence-corrected chi connectivity index (χ2v) is 5.64. The van der Waals surface area contributed by atoms with E-state index in [2.05, 4.69) is 10.2 Å². The van der Waals surface area contributed by atoms with Crippen LogP contribution in [0.5, 0.6) is 0 Å². The SMILES string of the molecule is O=C(Nc1ccc(F)c(Cl)c1)c1ccc(N2CCOCC2)cc1. The summed E-state index contributed by atoms with van der Waals surface area (Å²) in [5.74, 6) is -0.777. The number of hydrogen-bond acceptors (Lipinski definition) is 3. The molecular weight excluding hydrogens is 319 g/mol. The van der Waals surface area contributed by atoms with Crippen LogP contribution < -0.4 is 10.2 Å². The molecule has 1 aliphatic heterocycles. The van der Waals surface area contributed by atoms with Gasteiger partial charge in [0.05, 0.1) is 18.2 Å². The van der Waals surface area contributed by atoms with Crippen LogP contribution in [0.15, 0.2) is 42.5 Å². The molecule has 3 rings (SSSR count). The van der Waals surface area contributed by atoms with Crippen molar-refractivity contribution in [3.8, 4) is 0 Å². The van der Waals surface area contributed by atoms with Crippen molar-refractivity contribution in [3.05, 3.63) is 58.9 Å². The van der Waals surface area contributed by atoms with Crippen LogP contribution in [0.2, 0.25) is 5.02 Å². The Bertz CT molecular complexity index is 700. The third-order valence-corrected chi connectivity index (χ3v) is 3.97. The minimum absolute atomic E-state index is 0.0227. The molecule has 1 N–H and O–H groups in total. The van der Waals surface area contributed by atoms with Crippen LogP contribution in [0.4, 0.5) is 15.8 Å². The van der Waals surface area contributed by atoms with Gasteiger partial charge in [-0.1, -0.05) is 11.6 Å². The quantitative estimate of drug-likeness (QED) is 0.933. The van der Waals surface area contributed by atoms with E-state index >= 15 is 0 Å². The van der Waals surface area contributed by atoms with E-state index in [0.717, 1.165) is 18.8 Å². The third kappa shape index (κ3) is 3.81. The second kappa shape index (κ2) is 6.98. The van der Waals surface area contributed by atoms with Gasteiger partial charge in [0, 0.05) is 30.0 Å². The van der Waals surface area contributed by atoms with Gasteiger partial charge in [0.2, 0.25) is 0 Å². The molecule has 2 aromatic carbocycles. The van der Waals surface area contributed by atoms with Gasteiger partial charge in [-0.2, -0.15) is 0 Å². The standard InChI is InChI=1S/C17H16ClFN2O2/c18-15-11-13(3-6-16(15)19)20-17(22)12-1-4-14(5-2-12)21-7-9-23-10-8-21/h1-6,11H,7-10H2,(H,20,22). The maximum Gasteiger partial charge on any atom is 0.255 e. The summed E-state index contributed by atoms with van der Waals surface area (Å²) >= 11 is 5.71. The van der Waals surface area contributed by atoms with Gasteiger partial charge in [-0.3, -0.25) is 4.79 Å². The topological polar surface area (TPSA) is 41.6 Å². The van der Waals surface area contributed by atoms with Gasteiger partial charge in [0.25, 0.3) is 5.91 Å². The predicted molar refractivity (Wildman–Crippen MR) is 88.8 cm³/mol. The molecule has 1 amide bonds. The number of halogens is 2. The summed E-state index contributed by atoms with van der Waals surface area (Å²) in [6.45, 7) is 3.13. The molecular formula is C17H16ClFN2O2. The molecule has 0 spiro atoms. The van der Waals surface area contributed by atoms with Gasteiger partial charge in [-0.25, -0.2) is 4.39 Å². The summed E-state index contributed by atoms with van der Waals surface area (Å²) in [5, 5.41) is 2.68. The highest BCUT2D eigenvalue weighted by molar-refractivity contribution is 6.31. The summed E-state index contributed by atoms with van der Waals surface area (Å²) in [6, 6.07) is 11.4. The lowest BCUT2D eigenvalue weighted by Gasteiger charge is -2.28. The molecule has 1 heterocycles. The normalized spacial score (nSPS) is 14.6. The first-order chi connectivity index (χ1) is 11.1. The summed E-state index contributed by atoms with van der Waals surface area (Å²) in [4.78, 5) is 14.4. The van der Waals surface area contributed by atoms with Gasteiger partial charge < -0.3 is 15.0 Å². The van der Waals surface area contributed by atoms with E-state index in [1.54, 1.807) is 12.1 Å². The van der Waals surface area contributed by atoms with E-state index in [4.69, 9.17) is 16.3 Å². The van der Waals surface area contributed by atoms with E-state index in [1.807, 2.05) is 12.1 Å². The molecule has 0 radical (unpaired) electrons. The van der Waals surface area contributed by atoms with Gasteiger partial charge in [0.15, 0.2) is 0 Å². The number of morpholine rings is 1. The first-order valence-corrected chi connectivity index (χ1v) is 7.70. The van der Waals surface area contributed by atoms with E-state index in [0.29, 0.717) is 24.5 Å². The minimum Gasteiger partial charge on any atom is -0.378 e. The lowest BCUT2D eigenvalue weighted by molar-refractivity contribution is 0.102. The van der Waals surface area contributed by atoms with E-state index in [9.17, 15) is 9.18 Å². The van der Waals surface area contributed by atoms with Crippen LogP contribution in [0, 0.1) is 5.82 Å². The first kappa shape index (κ1) is 15.8. The fourth-order valence-electron chi connectivity index (χ4n) is 2.42. The largest absolute Gasteiger partial charge is 0.378 e. The molecule has 0 atom stereocenters. The zero-order valence-electron chi connectivity index (χ0n) is 12.4. The molecule has 1 saturated heterocycles. The molecule has 120 valence electrons. The molecule has 4 nitrogen and oxygen atoms in total. The van der Waals surface area contributed by atoms with Crippen molar-refractivity contribution in [2.24, 2.45) is 0 Å². The number of benzene rings is 2. The molecule has 23 heavy (non-hydrogen) atoms. The lowest BCUT2D eigenvalue weighted by atomic mass is 10.1. The Labute approximate surface area is 138 Å². The summed E-state index contributed by atoms with van der Waals surface area (Å²) in [6.07, 6.45) is 0. The molecule has 0 bridgehead atoms. The van der Waals surface area contributed by atoms with Crippen molar-refractivity contribution in [2.75, 3.05) is 36.5 Å². The average molecular weight is 335 g/mol. The van der Waals surface area contributed by atoms with Crippen molar-refractivity contribution in [3.63, 3.8) is 0 Å². The zero-order valence-corrected chi connectivity index (χ0v) is 13.1. The highest BCUT2D eigenvalue weighted by Crippen LogP contribution is 2.21. The third-order valence-electron chi connectivity index (χ3n) is 3.68. The molecule has 2 aromatic rings. The molecule has 0 aliphatic carbocycles. The Kier molecular flexibility index (Phi) is 4.79. The maximum absolute atomic E-state index is 13.1. The Morgan fingerprint density at radius 3 is 2.48 bits per heavy atom. The minimum atomic E-state index is -0.514. The smallest absolute Gasteiger partial charge is 0.255 e. The molecule has 1 aliphatic rings. The summed E-state index contributed by atoms with van der Waals surface area (Å²) < 4.78 is 18.4. The molecule has 1 fully saturated rings. The molecule has 0 saturated carbocycles. The van der Waals surface area contributed by atoms with Crippen molar-refractivity contribution >= 4 is 28.9 Å². The van der Waals surface area contributed by atoms with Gasteiger partial charge in [-0.15, -0.1) is 0 Å². The molecule has 0 aromatic heterocycles. The van der Waals surface area contributed by atoms with Crippen LogP contribution >= 0.6 is 11.6 Å². The number of rotatable bonds is 3. The van der Waals surface area contributed by atoms with Crippen molar-refractivity contribution in [2.45, 2.75) is 0 Å². The number of ether oxygens (including phenoxy) is 1. The Morgan fingerprint density at radius 1 is 1.13 bits per heavy atom. The van der Waals surface area contributed by atoms with Crippen molar-refractivity contribution in [1.82, 2.24) is 0 Å². The fraction of sp³-hybridized carbons (Fsp3) is 0.235.